The van der Waals surface area contributed by atoms with E-state index in [4.69, 9.17) is 5.73 Å². The largest absolute Gasteiger partial charge is 0.384 e. The second kappa shape index (κ2) is 4.51. The van der Waals surface area contributed by atoms with Gasteiger partial charge in [0, 0.05) is 0 Å². The standard InChI is InChI=1S/C9H15N3.ClH/c10-9-6-7-11-12(9)8-4-2-1-3-5-8;/h6-8H,1-5,10H2;1H. The van der Waals surface area contributed by atoms with E-state index < -0.39 is 0 Å². The molecule has 0 spiro atoms. The van der Waals surface area contributed by atoms with Crippen LogP contribution in [0.15, 0.2) is 12.3 Å². The fraction of sp³-hybridized carbons (Fsp3) is 0.667. The highest BCUT2D eigenvalue weighted by molar-refractivity contribution is 5.85. The molecule has 1 aliphatic carbocycles. The van der Waals surface area contributed by atoms with Crippen molar-refractivity contribution in [1.29, 1.82) is 0 Å². The Labute approximate surface area is 84.7 Å². The van der Waals surface area contributed by atoms with Gasteiger partial charge in [-0.1, -0.05) is 19.3 Å². The van der Waals surface area contributed by atoms with Crippen molar-refractivity contribution in [1.82, 2.24) is 9.78 Å². The predicted octanol–water partition coefficient (Wildman–Crippen LogP) is 2.39. The SMILES string of the molecule is Cl.Nc1ccnn1C1CCCCC1. The van der Waals surface area contributed by atoms with Crippen LogP contribution in [0.25, 0.3) is 0 Å². The molecule has 0 aromatic carbocycles. The van der Waals surface area contributed by atoms with Crippen LogP contribution in [0.4, 0.5) is 5.82 Å². The van der Waals surface area contributed by atoms with E-state index in [9.17, 15) is 0 Å². The monoisotopic (exact) mass is 201 g/mol. The third-order valence-corrected chi connectivity index (χ3v) is 2.62. The zero-order chi connectivity index (χ0) is 8.39. The molecule has 74 valence electrons. The Bertz CT molecular complexity index is 253. The maximum Gasteiger partial charge on any atom is 0.121 e. The molecule has 3 nitrogen and oxygen atoms in total. The number of hydrogen-bond donors (Lipinski definition) is 1. The van der Waals surface area contributed by atoms with Gasteiger partial charge in [0.1, 0.15) is 5.82 Å². The van der Waals surface area contributed by atoms with Crippen LogP contribution >= 0.6 is 12.4 Å². The Morgan fingerprint density at radius 2 is 2.00 bits per heavy atom. The van der Waals surface area contributed by atoms with Gasteiger partial charge in [0.2, 0.25) is 0 Å². The minimum absolute atomic E-state index is 0. The second-order valence-electron chi connectivity index (χ2n) is 3.49. The van der Waals surface area contributed by atoms with Crippen LogP contribution in [0, 0.1) is 0 Å². The summed E-state index contributed by atoms with van der Waals surface area (Å²) < 4.78 is 1.97. The van der Waals surface area contributed by atoms with Gasteiger partial charge in [-0.15, -0.1) is 12.4 Å². The third-order valence-electron chi connectivity index (χ3n) is 2.62. The summed E-state index contributed by atoms with van der Waals surface area (Å²) in [4.78, 5) is 0. The number of rotatable bonds is 1. The van der Waals surface area contributed by atoms with Crippen LogP contribution in [0.5, 0.6) is 0 Å². The Morgan fingerprint density at radius 3 is 2.54 bits per heavy atom. The summed E-state index contributed by atoms with van der Waals surface area (Å²) in [7, 11) is 0. The van der Waals surface area contributed by atoms with Crippen LogP contribution in [-0.2, 0) is 0 Å². The number of nitrogens with two attached hydrogens (primary N) is 1. The summed E-state index contributed by atoms with van der Waals surface area (Å²) in [6, 6.07) is 2.43. The number of aromatic nitrogens is 2. The summed E-state index contributed by atoms with van der Waals surface area (Å²) in [5.41, 5.74) is 5.77. The topological polar surface area (TPSA) is 43.8 Å². The fourth-order valence-corrected chi connectivity index (χ4v) is 1.96. The molecule has 13 heavy (non-hydrogen) atoms. The van der Waals surface area contributed by atoms with Gasteiger partial charge in [-0.2, -0.15) is 5.10 Å². The Morgan fingerprint density at radius 1 is 1.31 bits per heavy atom. The molecular weight excluding hydrogens is 186 g/mol. The van der Waals surface area contributed by atoms with Gasteiger partial charge in [-0.3, -0.25) is 0 Å². The number of halogens is 1. The molecule has 1 saturated carbocycles. The Balaban J connectivity index is 0.000000845. The van der Waals surface area contributed by atoms with Crippen molar-refractivity contribution in [2.24, 2.45) is 0 Å². The summed E-state index contributed by atoms with van der Waals surface area (Å²) in [6.07, 6.45) is 8.29. The average molecular weight is 202 g/mol. The molecule has 0 unspecified atom stereocenters. The molecule has 0 bridgehead atoms. The lowest BCUT2D eigenvalue weighted by atomic mass is 9.96. The zero-order valence-electron chi connectivity index (χ0n) is 7.65. The quantitative estimate of drug-likeness (QED) is 0.759. The molecule has 1 aromatic heterocycles. The Hall–Kier alpha value is -0.700. The number of nitrogen functional groups attached to an aromatic ring is 1. The molecule has 1 heterocycles. The summed E-state index contributed by atoms with van der Waals surface area (Å²) in [5, 5.41) is 4.23. The maximum absolute atomic E-state index is 5.77. The van der Waals surface area contributed by atoms with Crippen LogP contribution in [-0.4, -0.2) is 9.78 Å². The van der Waals surface area contributed by atoms with E-state index in [1.807, 2.05) is 10.7 Å². The lowest BCUT2D eigenvalue weighted by Crippen LogP contribution is -2.15. The second-order valence-corrected chi connectivity index (χ2v) is 3.49. The molecule has 0 radical (unpaired) electrons. The molecule has 0 amide bonds. The molecule has 4 heteroatoms. The van der Waals surface area contributed by atoms with Gasteiger partial charge >= 0.3 is 0 Å². The number of hydrogen-bond acceptors (Lipinski definition) is 2. The highest BCUT2D eigenvalue weighted by Gasteiger charge is 2.16. The van der Waals surface area contributed by atoms with Crippen molar-refractivity contribution >= 4 is 18.2 Å². The fourth-order valence-electron chi connectivity index (χ4n) is 1.96. The maximum atomic E-state index is 5.77. The summed E-state index contributed by atoms with van der Waals surface area (Å²) in [6.45, 7) is 0. The minimum atomic E-state index is 0. The van der Waals surface area contributed by atoms with Crippen molar-refractivity contribution < 1.29 is 0 Å². The zero-order valence-corrected chi connectivity index (χ0v) is 8.46. The van der Waals surface area contributed by atoms with Crippen molar-refractivity contribution in [3.05, 3.63) is 12.3 Å². The molecular formula is C9H16ClN3. The Kier molecular flexibility index (Phi) is 3.60. The van der Waals surface area contributed by atoms with Gasteiger partial charge in [-0.05, 0) is 18.9 Å². The molecule has 2 rings (SSSR count). The highest BCUT2D eigenvalue weighted by atomic mass is 35.5. The molecule has 1 fully saturated rings. The molecule has 1 aromatic rings. The van der Waals surface area contributed by atoms with Crippen molar-refractivity contribution in [3.63, 3.8) is 0 Å². The lowest BCUT2D eigenvalue weighted by Gasteiger charge is -2.22. The van der Waals surface area contributed by atoms with Gasteiger partial charge in [0.05, 0.1) is 12.2 Å². The highest BCUT2D eigenvalue weighted by Crippen LogP contribution is 2.28. The van der Waals surface area contributed by atoms with Crippen LogP contribution in [0.3, 0.4) is 0 Å². The molecule has 2 N–H and O–H groups in total. The average Bonchev–Trinajstić information content (AvgIpc) is 2.53. The first-order valence-corrected chi connectivity index (χ1v) is 4.67. The van der Waals surface area contributed by atoms with E-state index in [-0.39, 0.29) is 12.4 Å². The number of nitrogens with zero attached hydrogens (tertiary/aromatic N) is 2. The van der Waals surface area contributed by atoms with Gasteiger partial charge < -0.3 is 5.73 Å². The minimum Gasteiger partial charge on any atom is -0.384 e. The molecule has 1 aliphatic rings. The van der Waals surface area contributed by atoms with E-state index in [1.54, 1.807) is 6.20 Å². The van der Waals surface area contributed by atoms with E-state index >= 15 is 0 Å². The first kappa shape index (κ1) is 10.4. The number of anilines is 1. The van der Waals surface area contributed by atoms with Crippen molar-refractivity contribution in [3.8, 4) is 0 Å². The van der Waals surface area contributed by atoms with Crippen molar-refractivity contribution in [2.45, 2.75) is 38.1 Å². The molecule has 0 atom stereocenters. The molecule has 0 saturated heterocycles. The van der Waals surface area contributed by atoms with E-state index in [2.05, 4.69) is 5.10 Å². The van der Waals surface area contributed by atoms with Gasteiger partial charge in [-0.25, -0.2) is 4.68 Å². The molecule has 0 aliphatic heterocycles. The van der Waals surface area contributed by atoms with Crippen LogP contribution in [0.2, 0.25) is 0 Å². The predicted molar refractivity (Wildman–Crippen MR) is 56.0 cm³/mol. The van der Waals surface area contributed by atoms with Crippen LogP contribution < -0.4 is 5.73 Å². The lowest BCUT2D eigenvalue weighted by molar-refractivity contribution is 0.333. The van der Waals surface area contributed by atoms with Gasteiger partial charge in [0.15, 0.2) is 0 Å². The normalized spacial score (nSPS) is 18.2. The van der Waals surface area contributed by atoms with E-state index in [1.165, 1.54) is 32.1 Å². The first-order valence-electron chi connectivity index (χ1n) is 4.67. The smallest absolute Gasteiger partial charge is 0.121 e. The summed E-state index contributed by atoms with van der Waals surface area (Å²) in [5.74, 6) is 0.807. The third kappa shape index (κ3) is 2.15. The van der Waals surface area contributed by atoms with Crippen molar-refractivity contribution in [2.75, 3.05) is 5.73 Å². The summed E-state index contributed by atoms with van der Waals surface area (Å²) >= 11 is 0. The van der Waals surface area contributed by atoms with E-state index in [0.29, 0.717) is 6.04 Å². The van der Waals surface area contributed by atoms with Gasteiger partial charge in [0.25, 0.3) is 0 Å². The van der Waals surface area contributed by atoms with Crippen LogP contribution in [0.1, 0.15) is 38.1 Å². The first-order chi connectivity index (χ1) is 5.88. The van der Waals surface area contributed by atoms with E-state index in [0.717, 1.165) is 5.82 Å².